The first-order valence-electron chi connectivity index (χ1n) is 12.8. The van der Waals surface area contributed by atoms with E-state index in [2.05, 4.69) is 76.3 Å². The van der Waals surface area contributed by atoms with Crippen LogP contribution in [0.15, 0.2) is 97.6 Å². The van der Waals surface area contributed by atoms with Crippen LogP contribution in [-0.2, 0) is 4.79 Å². The van der Waals surface area contributed by atoms with E-state index in [9.17, 15) is 10.1 Å². The first kappa shape index (κ1) is 25.1. The van der Waals surface area contributed by atoms with E-state index in [1.165, 1.54) is 11.1 Å². The smallest absolute Gasteiger partial charge is 0.243 e. The summed E-state index contributed by atoms with van der Waals surface area (Å²) in [6.45, 7) is 6.92. The van der Waals surface area contributed by atoms with Crippen molar-refractivity contribution in [2.45, 2.75) is 12.0 Å². The molecule has 1 amide bonds. The third-order valence-electron chi connectivity index (χ3n) is 6.87. The number of benzene rings is 3. The van der Waals surface area contributed by atoms with Gasteiger partial charge in [-0.1, -0.05) is 78.9 Å². The van der Waals surface area contributed by atoms with Crippen molar-refractivity contribution in [3.8, 4) is 6.07 Å². The average Bonchev–Trinajstić information content (AvgIpc) is 2.98. The van der Waals surface area contributed by atoms with Crippen molar-refractivity contribution >= 4 is 22.8 Å². The van der Waals surface area contributed by atoms with Crippen LogP contribution in [0.25, 0.3) is 11.0 Å². The van der Waals surface area contributed by atoms with Crippen molar-refractivity contribution in [1.82, 2.24) is 20.2 Å². The lowest BCUT2D eigenvalue weighted by molar-refractivity contribution is -0.121. The van der Waals surface area contributed by atoms with Gasteiger partial charge in [0, 0.05) is 32.7 Å². The summed E-state index contributed by atoms with van der Waals surface area (Å²) in [4.78, 5) is 27.2. The average molecular weight is 503 g/mol. The van der Waals surface area contributed by atoms with Gasteiger partial charge in [-0.25, -0.2) is 9.97 Å². The molecule has 1 atom stereocenters. The molecule has 0 radical (unpaired) electrons. The molecule has 0 bridgehead atoms. The number of hydrogen-bond donors (Lipinski definition) is 1. The van der Waals surface area contributed by atoms with E-state index in [4.69, 9.17) is 9.97 Å². The summed E-state index contributed by atoms with van der Waals surface area (Å²) in [6.07, 6.45) is 1.59. The minimum absolute atomic E-state index is 0.137. The number of para-hydroxylation sites is 2. The first-order chi connectivity index (χ1) is 18.7. The van der Waals surface area contributed by atoms with Gasteiger partial charge in [0.05, 0.1) is 23.1 Å². The number of nitrogens with one attached hydrogen (secondary N) is 1. The topological polar surface area (TPSA) is 85.1 Å². The van der Waals surface area contributed by atoms with Crippen LogP contribution in [0.2, 0.25) is 0 Å². The summed E-state index contributed by atoms with van der Waals surface area (Å²) < 4.78 is 0. The third-order valence-corrected chi connectivity index (χ3v) is 6.87. The van der Waals surface area contributed by atoms with Crippen LogP contribution in [0.4, 0.5) is 5.82 Å². The quantitative estimate of drug-likeness (QED) is 0.358. The zero-order valence-electron chi connectivity index (χ0n) is 21.2. The maximum Gasteiger partial charge on any atom is 0.243 e. The van der Waals surface area contributed by atoms with Crippen molar-refractivity contribution in [1.29, 1.82) is 5.26 Å². The van der Waals surface area contributed by atoms with Gasteiger partial charge >= 0.3 is 0 Å². The van der Waals surface area contributed by atoms with Gasteiger partial charge in [-0.2, -0.15) is 5.26 Å². The molecule has 0 aliphatic carbocycles. The fraction of sp³-hybridized carbons (Fsp3) is 0.226. The fourth-order valence-electron chi connectivity index (χ4n) is 5.03. The maximum atomic E-state index is 12.9. The summed E-state index contributed by atoms with van der Waals surface area (Å²) in [5.74, 6) is -0.869. The van der Waals surface area contributed by atoms with Crippen molar-refractivity contribution in [2.75, 3.05) is 37.6 Å². The van der Waals surface area contributed by atoms with Crippen LogP contribution in [0, 0.1) is 11.3 Å². The molecule has 0 saturated carbocycles. The lowest BCUT2D eigenvalue weighted by Crippen LogP contribution is -2.48. The number of carbonyl (C=O) groups is 1. The van der Waals surface area contributed by atoms with Crippen molar-refractivity contribution in [2.24, 2.45) is 0 Å². The molecule has 4 aromatic rings. The lowest BCUT2D eigenvalue weighted by Gasteiger charge is -2.40. The molecule has 1 saturated heterocycles. The van der Waals surface area contributed by atoms with Gasteiger partial charge in [-0.15, -0.1) is 6.58 Å². The molecule has 3 aromatic carbocycles. The molecule has 7 nitrogen and oxygen atoms in total. The second-order valence-corrected chi connectivity index (χ2v) is 9.26. The van der Waals surface area contributed by atoms with E-state index in [0.29, 0.717) is 30.1 Å². The van der Waals surface area contributed by atoms with Gasteiger partial charge < -0.3 is 10.2 Å². The molecule has 38 heavy (non-hydrogen) atoms. The Bertz CT molecular complexity index is 1400. The van der Waals surface area contributed by atoms with Gasteiger partial charge in [-0.3, -0.25) is 9.69 Å². The minimum atomic E-state index is -1.07. The number of nitriles is 1. The molecule has 1 aliphatic rings. The molecule has 190 valence electrons. The predicted molar refractivity (Wildman–Crippen MR) is 150 cm³/mol. The highest BCUT2D eigenvalue weighted by Crippen LogP contribution is 2.32. The van der Waals surface area contributed by atoms with Gasteiger partial charge in [0.25, 0.3) is 0 Å². The number of aromatic nitrogens is 2. The molecule has 2 heterocycles. The lowest BCUT2D eigenvalue weighted by atomic mass is 9.96. The summed E-state index contributed by atoms with van der Waals surface area (Å²) in [5, 5.41) is 12.7. The zero-order valence-corrected chi connectivity index (χ0v) is 21.2. The number of amides is 1. The maximum absolute atomic E-state index is 12.9. The second-order valence-electron chi connectivity index (χ2n) is 9.26. The summed E-state index contributed by atoms with van der Waals surface area (Å²) >= 11 is 0. The van der Waals surface area contributed by atoms with Crippen LogP contribution in [0.1, 0.15) is 28.8 Å². The third kappa shape index (κ3) is 5.26. The Balaban J connectivity index is 1.45. The normalized spacial score (nSPS) is 14.7. The Morgan fingerprint density at radius 1 is 0.895 bits per heavy atom. The molecule has 7 heteroatoms. The van der Waals surface area contributed by atoms with Crippen LogP contribution < -0.4 is 10.2 Å². The molecule has 0 spiro atoms. The van der Waals surface area contributed by atoms with E-state index in [-0.39, 0.29) is 12.6 Å². The monoisotopic (exact) mass is 502 g/mol. The summed E-state index contributed by atoms with van der Waals surface area (Å²) in [5.41, 5.74) is 4.30. The van der Waals surface area contributed by atoms with Gasteiger partial charge in [0.2, 0.25) is 5.91 Å². The number of anilines is 1. The number of nitrogens with zero attached hydrogens (tertiary/aromatic N) is 5. The van der Waals surface area contributed by atoms with E-state index < -0.39 is 11.8 Å². The molecule has 0 unspecified atom stereocenters. The largest absolute Gasteiger partial charge is 0.352 e. The molecule has 1 aliphatic heterocycles. The highest BCUT2D eigenvalue weighted by molar-refractivity contribution is 5.89. The van der Waals surface area contributed by atoms with Crippen LogP contribution in [0.3, 0.4) is 0 Å². The standard InChI is InChI=1S/C31H30N6O/c1-2-17-33-31(38)25(22-32)28-30(35-27-16-10-9-15-26(27)34-28)37-20-18-36(19-21-37)29(23-11-5-3-6-12-23)24-13-7-4-8-14-24/h2-16,25,29H,1,17-21H2,(H,33,38)/t25-/m0/s1. The van der Waals surface area contributed by atoms with Crippen LogP contribution >= 0.6 is 0 Å². The Labute approximate surface area is 223 Å². The number of hydrogen-bond acceptors (Lipinski definition) is 6. The van der Waals surface area contributed by atoms with Crippen LogP contribution in [-0.4, -0.2) is 53.5 Å². The molecule has 5 rings (SSSR count). The fourth-order valence-corrected chi connectivity index (χ4v) is 5.03. The van der Waals surface area contributed by atoms with E-state index in [1.807, 2.05) is 36.4 Å². The second kappa shape index (κ2) is 11.7. The zero-order chi connectivity index (χ0) is 26.3. The van der Waals surface area contributed by atoms with Crippen LogP contribution in [0.5, 0.6) is 0 Å². The van der Waals surface area contributed by atoms with Crippen molar-refractivity contribution in [3.05, 3.63) is 114 Å². The van der Waals surface area contributed by atoms with E-state index in [0.717, 1.165) is 18.6 Å². The Morgan fingerprint density at radius 3 is 2.00 bits per heavy atom. The van der Waals surface area contributed by atoms with Gasteiger partial charge in [0.1, 0.15) is 5.69 Å². The molecule has 1 N–H and O–H groups in total. The van der Waals surface area contributed by atoms with E-state index in [1.54, 1.807) is 6.08 Å². The summed E-state index contributed by atoms with van der Waals surface area (Å²) in [7, 11) is 0. The number of fused-ring (bicyclic) bond motifs is 1. The Kier molecular flexibility index (Phi) is 7.72. The number of carbonyl (C=O) groups excluding carboxylic acids is 1. The number of rotatable bonds is 8. The molecule has 1 aromatic heterocycles. The van der Waals surface area contributed by atoms with E-state index >= 15 is 0 Å². The van der Waals surface area contributed by atoms with Gasteiger partial charge in [-0.05, 0) is 23.3 Å². The summed E-state index contributed by atoms with van der Waals surface area (Å²) in [6, 6.07) is 31.0. The highest BCUT2D eigenvalue weighted by Gasteiger charge is 2.32. The van der Waals surface area contributed by atoms with Crippen molar-refractivity contribution < 1.29 is 4.79 Å². The first-order valence-corrected chi connectivity index (χ1v) is 12.8. The van der Waals surface area contributed by atoms with Crippen molar-refractivity contribution in [3.63, 3.8) is 0 Å². The number of piperazine rings is 1. The molecular weight excluding hydrogens is 472 g/mol. The Hall–Kier alpha value is -4.54. The minimum Gasteiger partial charge on any atom is -0.352 e. The molecule has 1 fully saturated rings. The SMILES string of the molecule is C=CCNC(=O)[C@@H](C#N)c1nc2ccccc2nc1N1CCN(C(c2ccccc2)c2ccccc2)CC1. The predicted octanol–water partition coefficient (Wildman–Crippen LogP) is 4.45. The highest BCUT2D eigenvalue weighted by atomic mass is 16.1. The van der Waals surface area contributed by atoms with Gasteiger partial charge in [0.15, 0.2) is 11.7 Å². The molecular formula is C31H30N6O. The Morgan fingerprint density at radius 2 is 1.45 bits per heavy atom.